The summed E-state index contributed by atoms with van der Waals surface area (Å²) in [6.07, 6.45) is 1.49. The average molecular weight is 485 g/mol. The monoisotopic (exact) mass is 484 g/mol. The van der Waals surface area contributed by atoms with E-state index in [1.807, 2.05) is 0 Å². The highest BCUT2D eigenvalue weighted by atomic mass is 32.2. The minimum atomic E-state index is -3.86. The second kappa shape index (κ2) is 8.16. The van der Waals surface area contributed by atoms with Gasteiger partial charge in [0, 0.05) is 30.1 Å². The van der Waals surface area contributed by atoms with Crippen LogP contribution in [0, 0.1) is 0 Å². The minimum Gasteiger partial charge on any atom is -0.482 e. The number of hydrogen-bond acceptors (Lipinski definition) is 7. The van der Waals surface area contributed by atoms with Crippen LogP contribution in [-0.2, 0) is 26.0 Å². The van der Waals surface area contributed by atoms with Gasteiger partial charge in [0.1, 0.15) is 5.75 Å². The summed E-state index contributed by atoms with van der Waals surface area (Å²) in [5.41, 5.74) is 3.43. The van der Waals surface area contributed by atoms with Gasteiger partial charge in [-0.2, -0.15) is 0 Å². The number of hydrogen-bond donors (Lipinski definition) is 2. The Morgan fingerprint density at radius 3 is 2.91 bits per heavy atom. The van der Waals surface area contributed by atoms with Gasteiger partial charge in [-0.05, 0) is 54.8 Å². The van der Waals surface area contributed by atoms with Gasteiger partial charge < -0.3 is 15.0 Å². The molecule has 0 unspecified atom stereocenters. The lowest BCUT2D eigenvalue weighted by atomic mass is 10.0. The Balaban J connectivity index is 1.38. The van der Waals surface area contributed by atoms with Crippen molar-refractivity contribution in [2.75, 3.05) is 28.1 Å². The second-order valence-electron chi connectivity index (χ2n) is 7.76. The summed E-state index contributed by atoms with van der Waals surface area (Å²) in [5.74, 6) is 0.279. The summed E-state index contributed by atoms with van der Waals surface area (Å²) in [5, 5.41) is 4.71. The van der Waals surface area contributed by atoms with Crippen LogP contribution in [0.5, 0.6) is 5.75 Å². The number of carbonyl (C=O) groups is 2. The van der Waals surface area contributed by atoms with Crippen molar-refractivity contribution in [1.82, 2.24) is 4.98 Å². The number of benzene rings is 2. The number of ether oxygens (including phenoxy) is 1. The molecule has 33 heavy (non-hydrogen) atoms. The maximum absolute atomic E-state index is 13.0. The maximum Gasteiger partial charge on any atom is 0.263 e. The Morgan fingerprint density at radius 1 is 1.24 bits per heavy atom. The van der Waals surface area contributed by atoms with E-state index in [0.717, 1.165) is 34.6 Å². The number of rotatable bonds is 4. The zero-order chi connectivity index (χ0) is 23.2. The Hall–Kier alpha value is -3.44. The highest BCUT2D eigenvalue weighted by molar-refractivity contribution is 7.93. The van der Waals surface area contributed by atoms with Crippen molar-refractivity contribution in [3.8, 4) is 17.0 Å². The summed E-state index contributed by atoms with van der Waals surface area (Å²) in [6.45, 7) is 2.11. The van der Waals surface area contributed by atoms with Crippen LogP contribution >= 0.6 is 11.3 Å². The summed E-state index contributed by atoms with van der Waals surface area (Å²) >= 11 is 1.16. The fraction of sp³-hybridized carbons (Fsp3) is 0.227. The molecule has 0 bridgehead atoms. The van der Waals surface area contributed by atoms with Gasteiger partial charge >= 0.3 is 0 Å². The molecule has 3 heterocycles. The number of nitrogens with one attached hydrogen (secondary N) is 2. The Labute approximate surface area is 194 Å². The average Bonchev–Trinajstić information content (AvgIpc) is 3.25. The van der Waals surface area contributed by atoms with E-state index >= 15 is 0 Å². The molecule has 0 aliphatic carbocycles. The highest BCUT2D eigenvalue weighted by Gasteiger charge is 2.24. The summed E-state index contributed by atoms with van der Waals surface area (Å²) in [7, 11) is -3.86. The molecule has 2 aliphatic heterocycles. The van der Waals surface area contributed by atoms with Crippen molar-refractivity contribution in [2.45, 2.75) is 24.7 Å². The lowest BCUT2D eigenvalue weighted by Gasteiger charge is -2.28. The van der Waals surface area contributed by atoms with Crippen LogP contribution < -0.4 is 19.7 Å². The number of carbonyl (C=O) groups excluding carboxylic acids is 2. The van der Waals surface area contributed by atoms with E-state index in [4.69, 9.17) is 4.74 Å². The Morgan fingerprint density at radius 2 is 2.09 bits per heavy atom. The van der Waals surface area contributed by atoms with Crippen molar-refractivity contribution in [3.63, 3.8) is 0 Å². The van der Waals surface area contributed by atoms with E-state index in [-0.39, 0.29) is 28.4 Å². The van der Waals surface area contributed by atoms with Crippen molar-refractivity contribution >= 4 is 49.7 Å². The smallest absolute Gasteiger partial charge is 0.263 e. The SMILES string of the molecule is CC(=O)N1CCCc2cc(S(=O)(=O)Nc3nc(-c4ccc5c(c4)NC(=O)CO5)cs3)ccc21. The molecular formula is C22H20N4O5S2. The molecule has 170 valence electrons. The molecule has 0 saturated carbocycles. The molecule has 2 N–H and O–H groups in total. The van der Waals surface area contributed by atoms with Gasteiger partial charge in [0.05, 0.1) is 16.3 Å². The molecular weight excluding hydrogens is 464 g/mol. The molecule has 2 aromatic carbocycles. The van der Waals surface area contributed by atoms with Gasteiger partial charge in [-0.15, -0.1) is 11.3 Å². The van der Waals surface area contributed by atoms with Gasteiger partial charge in [-0.1, -0.05) is 0 Å². The normalized spacial score (nSPS) is 15.2. The van der Waals surface area contributed by atoms with Gasteiger partial charge in [-0.3, -0.25) is 14.3 Å². The van der Waals surface area contributed by atoms with E-state index in [9.17, 15) is 18.0 Å². The number of thiazole rings is 1. The first-order valence-corrected chi connectivity index (χ1v) is 12.6. The minimum absolute atomic E-state index is 0.0234. The molecule has 0 atom stereocenters. The number of nitrogens with zero attached hydrogens (tertiary/aromatic N) is 2. The molecule has 3 aromatic rings. The van der Waals surface area contributed by atoms with Crippen molar-refractivity contribution in [3.05, 3.63) is 47.3 Å². The topological polar surface area (TPSA) is 118 Å². The predicted molar refractivity (Wildman–Crippen MR) is 125 cm³/mol. The summed E-state index contributed by atoms with van der Waals surface area (Å²) in [4.78, 5) is 29.6. The van der Waals surface area contributed by atoms with Gasteiger partial charge in [0.2, 0.25) is 5.91 Å². The van der Waals surface area contributed by atoms with E-state index in [0.29, 0.717) is 30.1 Å². The first-order chi connectivity index (χ1) is 15.8. The van der Waals surface area contributed by atoms with Crippen LogP contribution in [0.4, 0.5) is 16.5 Å². The zero-order valence-electron chi connectivity index (χ0n) is 17.6. The van der Waals surface area contributed by atoms with Crippen LogP contribution in [0.1, 0.15) is 18.9 Å². The van der Waals surface area contributed by atoms with E-state index < -0.39 is 10.0 Å². The Kier molecular flexibility index (Phi) is 5.29. The zero-order valence-corrected chi connectivity index (χ0v) is 19.3. The van der Waals surface area contributed by atoms with Crippen LogP contribution in [0.2, 0.25) is 0 Å². The van der Waals surface area contributed by atoms with Gasteiger partial charge in [0.25, 0.3) is 15.9 Å². The van der Waals surface area contributed by atoms with E-state index in [1.165, 1.54) is 13.0 Å². The lowest BCUT2D eigenvalue weighted by molar-refractivity contribution is -0.118. The molecule has 1 aromatic heterocycles. The number of fused-ring (bicyclic) bond motifs is 2. The van der Waals surface area contributed by atoms with Crippen LogP contribution in [0.3, 0.4) is 0 Å². The number of sulfonamides is 1. The largest absolute Gasteiger partial charge is 0.482 e. The first-order valence-electron chi connectivity index (χ1n) is 10.3. The molecule has 0 radical (unpaired) electrons. The number of aryl methyl sites for hydroxylation is 1. The molecule has 2 amide bonds. The van der Waals surface area contributed by atoms with E-state index in [1.54, 1.807) is 40.6 Å². The quantitative estimate of drug-likeness (QED) is 0.587. The molecule has 5 rings (SSSR count). The summed E-state index contributed by atoms with van der Waals surface area (Å²) < 4.78 is 33.9. The van der Waals surface area contributed by atoms with Crippen molar-refractivity contribution < 1.29 is 22.7 Å². The molecule has 2 aliphatic rings. The molecule has 11 heteroatoms. The first kappa shape index (κ1) is 21.4. The van der Waals surface area contributed by atoms with Crippen LogP contribution in [0.25, 0.3) is 11.3 Å². The molecule has 0 saturated heterocycles. The van der Waals surface area contributed by atoms with Crippen LogP contribution in [0.15, 0.2) is 46.7 Å². The predicted octanol–water partition coefficient (Wildman–Crippen LogP) is 3.24. The van der Waals surface area contributed by atoms with Gasteiger partial charge in [0.15, 0.2) is 11.7 Å². The summed E-state index contributed by atoms with van der Waals surface area (Å²) in [6, 6.07) is 10.1. The molecule has 9 nitrogen and oxygen atoms in total. The third-order valence-electron chi connectivity index (χ3n) is 5.49. The number of aromatic nitrogens is 1. The van der Waals surface area contributed by atoms with E-state index in [2.05, 4.69) is 15.0 Å². The van der Waals surface area contributed by atoms with Crippen molar-refractivity contribution in [2.24, 2.45) is 0 Å². The standard InChI is InChI=1S/C22H20N4O5S2/c1-13(27)26-8-2-3-15-9-16(5-6-19(15)26)33(29,30)25-22-24-18(12-32-22)14-4-7-20-17(10-14)23-21(28)11-31-20/h4-7,9-10,12H,2-3,8,11H2,1H3,(H,23,28)(H,24,25). The fourth-order valence-electron chi connectivity index (χ4n) is 3.94. The van der Waals surface area contributed by atoms with Crippen molar-refractivity contribution in [1.29, 1.82) is 0 Å². The highest BCUT2D eigenvalue weighted by Crippen LogP contribution is 2.35. The molecule has 0 spiro atoms. The third-order valence-corrected chi connectivity index (χ3v) is 7.72. The maximum atomic E-state index is 13.0. The lowest BCUT2D eigenvalue weighted by Crippen LogP contribution is -2.33. The third kappa shape index (κ3) is 4.16. The molecule has 0 fully saturated rings. The van der Waals surface area contributed by atoms with Gasteiger partial charge in [-0.25, -0.2) is 13.4 Å². The second-order valence-corrected chi connectivity index (χ2v) is 10.3. The fourth-order valence-corrected chi connectivity index (χ4v) is 5.96. The Bertz CT molecular complexity index is 1380. The van der Waals surface area contributed by atoms with Crippen LogP contribution in [-0.4, -0.2) is 38.4 Å². The number of amides is 2. The number of anilines is 3.